The number of pyridine rings is 1. The lowest BCUT2D eigenvalue weighted by molar-refractivity contribution is 0.179. The highest BCUT2D eigenvalue weighted by molar-refractivity contribution is 6.36. The van der Waals surface area contributed by atoms with Gasteiger partial charge in [-0.1, -0.05) is 53.5 Å². The van der Waals surface area contributed by atoms with E-state index < -0.39 is 6.10 Å². The summed E-state index contributed by atoms with van der Waals surface area (Å²) in [6.07, 6.45) is 3.13. The Hall–Kier alpha value is -1.61. The van der Waals surface area contributed by atoms with E-state index in [1.54, 1.807) is 30.6 Å². The molecule has 0 amide bonds. The summed E-state index contributed by atoms with van der Waals surface area (Å²) < 4.78 is 0. The quantitative estimate of drug-likeness (QED) is 0.751. The highest BCUT2D eigenvalue weighted by atomic mass is 35.5. The molecule has 2 aromatic carbocycles. The maximum absolute atomic E-state index is 10.6. The van der Waals surface area contributed by atoms with Crippen molar-refractivity contribution in [1.82, 2.24) is 4.98 Å². The zero-order chi connectivity index (χ0) is 14.8. The lowest BCUT2D eigenvalue weighted by atomic mass is 9.98. The number of nitrogens with zero attached hydrogens (tertiary/aromatic N) is 1. The Morgan fingerprint density at radius 1 is 0.952 bits per heavy atom. The van der Waals surface area contributed by atoms with Crippen molar-refractivity contribution >= 4 is 34.0 Å². The number of hydrogen-bond donors (Lipinski definition) is 1. The van der Waals surface area contributed by atoms with Crippen LogP contribution in [0, 0.1) is 0 Å². The van der Waals surface area contributed by atoms with Gasteiger partial charge in [-0.05, 0) is 23.1 Å². The van der Waals surface area contributed by atoms with Crippen LogP contribution in [0.5, 0.6) is 0 Å². The molecular weight excluding hydrogens is 305 g/mol. The molecule has 0 bridgehead atoms. The molecule has 0 aliphatic carbocycles. The largest absolute Gasteiger partial charge is 0.388 e. The number of hydrogen-bond acceptors (Lipinski definition) is 2. The van der Waals surface area contributed by atoms with Crippen LogP contribution in [0.4, 0.5) is 0 Å². The smallest absolute Gasteiger partial charge is 0.0852 e. The van der Waals surface area contributed by atoms with Crippen molar-refractivity contribution in [1.29, 1.82) is 0 Å². The second-order valence-corrected chi connectivity index (χ2v) is 5.68. The molecule has 0 radical (unpaired) electrons. The Labute approximate surface area is 133 Å². The van der Waals surface area contributed by atoms with E-state index in [9.17, 15) is 5.11 Å². The van der Waals surface area contributed by atoms with Crippen molar-refractivity contribution < 1.29 is 5.11 Å². The van der Waals surface area contributed by atoms with Crippen LogP contribution in [0.1, 0.15) is 17.2 Å². The predicted molar refractivity (Wildman–Crippen MR) is 86.9 cm³/mol. The van der Waals surface area contributed by atoms with Gasteiger partial charge in [-0.25, -0.2) is 0 Å². The molecule has 106 valence electrons. The first-order chi connectivity index (χ1) is 10.2. The number of halogens is 2. The number of aromatic nitrogens is 1. The van der Waals surface area contributed by atoms with E-state index >= 15 is 0 Å². The first-order valence-electron chi connectivity index (χ1n) is 6.60. The number of aliphatic hydroxyl groups excluding tert-OH is 1. The van der Waals surface area contributed by atoms with E-state index in [4.69, 9.17) is 23.2 Å². The molecule has 0 spiro atoms. The minimum absolute atomic E-state index is 0.355. The van der Waals surface area contributed by atoms with Gasteiger partial charge in [0, 0.05) is 39.8 Å². The molecule has 0 saturated carbocycles. The monoisotopic (exact) mass is 317 g/mol. The first-order valence-corrected chi connectivity index (χ1v) is 7.36. The van der Waals surface area contributed by atoms with E-state index in [2.05, 4.69) is 4.98 Å². The summed E-state index contributed by atoms with van der Waals surface area (Å²) in [5.74, 6) is 0. The Morgan fingerprint density at radius 2 is 1.67 bits per heavy atom. The third kappa shape index (κ3) is 2.88. The fourth-order valence-corrected chi connectivity index (χ4v) is 2.99. The number of aliphatic hydroxyl groups is 1. The minimum Gasteiger partial charge on any atom is -0.388 e. The Balaban J connectivity index is 2.00. The van der Waals surface area contributed by atoms with Gasteiger partial charge in [0.2, 0.25) is 0 Å². The fourth-order valence-electron chi connectivity index (χ4n) is 2.44. The van der Waals surface area contributed by atoms with Gasteiger partial charge < -0.3 is 5.11 Å². The van der Waals surface area contributed by atoms with Crippen molar-refractivity contribution in [3.63, 3.8) is 0 Å². The summed E-state index contributed by atoms with van der Waals surface area (Å²) in [4.78, 5) is 4.19. The van der Waals surface area contributed by atoms with Crippen molar-refractivity contribution in [2.45, 2.75) is 12.5 Å². The molecule has 1 atom stereocenters. The standard InChI is InChI=1S/C17H13Cl2NO/c18-15-6-3-7-16(19)13(15)8-17(21)14-10-20-9-11-4-1-2-5-12(11)14/h1-7,9-10,17,21H,8H2. The number of fused-ring (bicyclic) bond motifs is 1. The third-order valence-corrected chi connectivity index (χ3v) is 4.23. The van der Waals surface area contributed by atoms with E-state index in [1.165, 1.54) is 0 Å². The van der Waals surface area contributed by atoms with Crippen LogP contribution in [0.15, 0.2) is 54.9 Å². The summed E-state index contributed by atoms with van der Waals surface area (Å²) >= 11 is 12.3. The summed E-state index contributed by atoms with van der Waals surface area (Å²) in [6.45, 7) is 0. The van der Waals surface area contributed by atoms with Crippen molar-refractivity contribution in [2.75, 3.05) is 0 Å². The Kier molecular flexibility index (Phi) is 4.11. The molecule has 1 aromatic heterocycles. The maximum Gasteiger partial charge on any atom is 0.0852 e. The summed E-state index contributed by atoms with van der Waals surface area (Å²) in [6, 6.07) is 13.2. The zero-order valence-electron chi connectivity index (χ0n) is 11.1. The molecule has 3 rings (SSSR count). The SMILES string of the molecule is OC(Cc1c(Cl)cccc1Cl)c1cncc2ccccc12. The summed E-state index contributed by atoms with van der Waals surface area (Å²) in [7, 11) is 0. The first kappa shape index (κ1) is 14.3. The number of benzene rings is 2. The van der Waals surface area contributed by atoms with E-state index in [-0.39, 0.29) is 0 Å². The molecule has 1 N–H and O–H groups in total. The molecule has 4 heteroatoms. The second kappa shape index (κ2) is 6.02. The summed E-state index contributed by atoms with van der Waals surface area (Å²) in [5, 5.41) is 13.7. The van der Waals surface area contributed by atoms with Gasteiger partial charge in [-0.15, -0.1) is 0 Å². The van der Waals surface area contributed by atoms with Crippen LogP contribution >= 0.6 is 23.2 Å². The van der Waals surface area contributed by atoms with E-state index in [0.29, 0.717) is 16.5 Å². The molecule has 2 nitrogen and oxygen atoms in total. The van der Waals surface area contributed by atoms with Crippen LogP contribution in [0.3, 0.4) is 0 Å². The minimum atomic E-state index is -0.707. The molecule has 0 saturated heterocycles. The molecule has 0 fully saturated rings. The van der Waals surface area contributed by atoms with E-state index in [0.717, 1.165) is 21.9 Å². The molecular formula is C17H13Cl2NO. The van der Waals surface area contributed by atoms with E-state index in [1.807, 2.05) is 24.3 Å². The third-order valence-electron chi connectivity index (χ3n) is 3.52. The van der Waals surface area contributed by atoms with Gasteiger partial charge in [0.05, 0.1) is 6.10 Å². The Morgan fingerprint density at radius 3 is 2.43 bits per heavy atom. The lowest BCUT2D eigenvalue weighted by Crippen LogP contribution is -2.04. The van der Waals surface area contributed by atoms with Crippen molar-refractivity contribution in [3.05, 3.63) is 76.0 Å². The molecule has 1 heterocycles. The van der Waals surface area contributed by atoms with Crippen LogP contribution in [-0.4, -0.2) is 10.1 Å². The maximum atomic E-state index is 10.6. The molecule has 3 aromatic rings. The van der Waals surface area contributed by atoms with Gasteiger partial charge in [-0.2, -0.15) is 0 Å². The van der Waals surface area contributed by atoms with Gasteiger partial charge in [0.1, 0.15) is 0 Å². The highest BCUT2D eigenvalue weighted by Crippen LogP contribution is 2.31. The Bertz CT molecular complexity index is 763. The van der Waals surface area contributed by atoms with Crippen molar-refractivity contribution in [3.8, 4) is 0 Å². The normalized spacial score (nSPS) is 12.5. The van der Waals surface area contributed by atoms with Gasteiger partial charge in [-0.3, -0.25) is 4.98 Å². The zero-order valence-corrected chi connectivity index (χ0v) is 12.6. The van der Waals surface area contributed by atoms with Crippen LogP contribution in [0.2, 0.25) is 10.0 Å². The summed E-state index contributed by atoms with van der Waals surface area (Å²) in [5.41, 5.74) is 1.53. The predicted octanol–water partition coefficient (Wildman–Crippen LogP) is 4.82. The average molecular weight is 318 g/mol. The molecule has 0 aliphatic heterocycles. The fraction of sp³-hybridized carbons (Fsp3) is 0.118. The number of rotatable bonds is 3. The molecule has 21 heavy (non-hydrogen) atoms. The van der Waals surface area contributed by atoms with Crippen LogP contribution in [-0.2, 0) is 6.42 Å². The lowest BCUT2D eigenvalue weighted by Gasteiger charge is -2.15. The second-order valence-electron chi connectivity index (χ2n) is 4.87. The highest BCUT2D eigenvalue weighted by Gasteiger charge is 2.16. The van der Waals surface area contributed by atoms with Crippen LogP contribution < -0.4 is 0 Å². The molecule has 0 aliphatic rings. The van der Waals surface area contributed by atoms with Gasteiger partial charge in [0.15, 0.2) is 0 Å². The van der Waals surface area contributed by atoms with Gasteiger partial charge in [0.25, 0.3) is 0 Å². The molecule has 1 unspecified atom stereocenters. The van der Waals surface area contributed by atoms with Crippen LogP contribution in [0.25, 0.3) is 10.8 Å². The van der Waals surface area contributed by atoms with Gasteiger partial charge >= 0.3 is 0 Å². The topological polar surface area (TPSA) is 33.1 Å². The average Bonchev–Trinajstić information content (AvgIpc) is 2.50. The van der Waals surface area contributed by atoms with Crippen molar-refractivity contribution in [2.24, 2.45) is 0 Å².